The van der Waals surface area contributed by atoms with Crippen LogP contribution in [0.2, 0.25) is 0 Å². The third kappa shape index (κ3) is 5.26. The minimum absolute atomic E-state index is 0.132. The maximum absolute atomic E-state index is 12.5. The molecule has 0 spiro atoms. The minimum Gasteiger partial charge on any atom is -0.492 e. The van der Waals surface area contributed by atoms with Crippen molar-refractivity contribution in [1.82, 2.24) is 14.8 Å². The van der Waals surface area contributed by atoms with Gasteiger partial charge in [-0.2, -0.15) is 0 Å². The highest BCUT2D eigenvalue weighted by molar-refractivity contribution is 7.99. The number of nitrogens with one attached hydrogen (secondary N) is 1. The predicted molar refractivity (Wildman–Crippen MR) is 117 cm³/mol. The molecule has 0 aliphatic carbocycles. The lowest BCUT2D eigenvalue weighted by molar-refractivity contribution is -0.113. The summed E-state index contributed by atoms with van der Waals surface area (Å²) in [5, 5.41) is 12.2. The average molecular weight is 409 g/mol. The standard InChI is InChI=1S/C22H24N4O2S/c1-4-14-26-21(17-12-10-16(3)11-13-17)24-25-22(26)29-15-20(27)23-18-8-6-7-9-19(18)28-5-2/h4,6-13H,1,5,14-15H2,2-3H3,(H,23,27). The Balaban J connectivity index is 1.71. The average Bonchev–Trinajstić information content (AvgIpc) is 3.12. The van der Waals surface area contributed by atoms with Crippen LogP contribution in [0.25, 0.3) is 11.4 Å². The maximum Gasteiger partial charge on any atom is 0.234 e. The fourth-order valence-electron chi connectivity index (χ4n) is 2.77. The van der Waals surface area contributed by atoms with E-state index in [4.69, 9.17) is 4.74 Å². The number of amides is 1. The van der Waals surface area contributed by atoms with Crippen molar-refractivity contribution in [2.24, 2.45) is 0 Å². The number of ether oxygens (including phenoxy) is 1. The van der Waals surface area contributed by atoms with Gasteiger partial charge < -0.3 is 10.1 Å². The molecule has 0 aliphatic rings. The molecule has 1 amide bonds. The molecule has 2 aromatic carbocycles. The van der Waals surface area contributed by atoms with E-state index in [-0.39, 0.29) is 11.7 Å². The number of hydrogen-bond acceptors (Lipinski definition) is 5. The summed E-state index contributed by atoms with van der Waals surface area (Å²) in [6, 6.07) is 15.5. The van der Waals surface area contributed by atoms with E-state index >= 15 is 0 Å². The molecule has 0 unspecified atom stereocenters. The normalized spacial score (nSPS) is 10.6. The highest BCUT2D eigenvalue weighted by Crippen LogP contribution is 2.26. The first-order chi connectivity index (χ1) is 14.1. The van der Waals surface area contributed by atoms with Gasteiger partial charge in [-0.3, -0.25) is 9.36 Å². The van der Waals surface area contributed by atoms with Crippen LogP contribution >= 0.6 is 11.8 Å². The molecule has 29 heavy (non-hydrogen) atoms. The molecule has 7 heteroatoms. The van der Waals surface area contributed by atoms with Crippen LogP contribution in [0.1, 0.15) is 12.5 Å². The van der Waals surface area contributed by atoms with Crippen LogP contribution in [-0.4, -0.2) is 33.0 Å². The third-order valence-corrected chi connectivity index (χ3v) is 5.10. The van der Waals surface area contributed by atoms with Crippen LogP contribution in [0.15, 0.2) is 66.3 Å². The number of aromatic nitrogens is 3. The summed E-state index contributed by atoms with van der Waals surface area (Å²) >= 11 is 1.34. The molecule has 0 saturated heterocycles. The van der Waals surface area contributed by atoms with E-state index in [1.54, 1.807) is 6.08 Å². The Morgan fingerprint density at radius 1 is 1.21 bits per heavy atom. The van der Waals surface area contributed by atoms with Gasteiger partial charge in [-0.1, -0.05) is 59.8 Å². The molecule has 150 valence electrons. The van der Waals surface area contributed by atoms with E-state index in [1.807, 2.05) is 66.9 Å². The Labute approximate surface area is 175 Å². The quantitative estimate of drug-likeness (QED) is 0.415. The Hall–Kier alpha value is -3.06. The molecule has 0 atom stereocenters. The summed E-state index contributed by atoms with van der Waals surface area (Å²) in [6.07, 6.45) is 1.80. The Kier molecular flexibility index (Phi) is 7.08. The van der Waals surface area contributed by atoms with Gasteiger partial charge >= 0.3 is 0 Å². The van der Waals surface area contributed by atoms with E-state index < -0.39 is 0 Å². The largest absolute Gasteiger partial charge is 0.492 e. The van der Waals surface area contributed by atoms with Crippen molar-refractivity contribution in [3.8, 4) is 17.1 Å². The van der Waals surface area contributed by atoms with E-state index in [9.17, 15) is 4.79 Å². The number of hydrogen-bond donors (Lipinski definition) is 1. The number of rotatable bonds is 9. The fraction of sp³-hybridized carbons (Fsp3) is 0.227. The number of carbonyl (C=O) groups is 1. The van der Waals surface area contributed by atoms with Crippen LogP contribution in [-0.2, 0) is 11.3 Å². The summed E-state index contributed by atoms with van der Waals surface area (Å²) in [6.45, 7) is 8.88. The second kappa shape index (κ2) is 9.93. The number of benzene rings is 2. The molecule has 1 heterocycles. The SMILES string of the molecule is C=CCn1c(SCC(=O)Nc2ccccc2OCC)nnc1-c1ccc(C)cc1. The number of carbonyl (C=O) groups excluding carboxylic acids is 1. The van der Waals surface area contributed by atoms with Crippen molar-refractivity contribution in [1.29, 1.82) is 0 Å². The summed E-state index contributed by atoms with van der Waals surface area (Å²) in [5.74, 6) is 1.50. The van der Waals surface area contributed by atoms with Crippen LogP contribution in [0.3, 0.4) is 0 Å². The van der Waals surface area contributed by atoms with Gasteiger partial charge in [0, 0.05) is 12.1 Å². The first-order valence-electron chi connectivity index (χ1n) is 9.38. The topological polar surface area (TPSA) is 69.0 Å². The second-order valence-corrected chi connectivity index (χ2v) is 7.28. The smallest absolute Gasteiger partial charge is 0.234 e. The highest BCUT2D eigenvalue weighted by atomic mass is 32.2. The maximum atomic E-state index is 12.5. The molecule has 3 rings (SSSR count). The molecular formula is C22H24N4O2S. The Morgan fingerprint density at radius 2 is 1.97 bits per heavy atom. The van der Waals surface area contributed by atoms with E-state index in [1.165, 1.54) is 17.3 Å². The third-order valence-electron chi connectivity index (χ3n) is 4.13. The highest BCUT2D eigenvalue weighted by Gasteiger charge is 2.15. The fourth-order valence-corrected chi connectivity index (χ4v) is 3.52. The van der Waals surface area contributed by atoms with Crippen LogP contribution in [0.4, 0.5) is 5.69 Å². The molecule has 1 aromatic heterocycles. The number of allylic oxidation sites excluding steroid dienone is 1. The van der Waals surface area contributed by atoms with Crippen molar-refractivity contribution < 1.29 is 9.53 Å². The molecule has 0 radical (unpaired) electrons. The van der Waals surface area contributed by atoms with Crippen molar-refractivity contribution in [3.63, 3.8) is 0 Å². The molecule has 0 fully saturated rings. The van der Waals surface area contributed by atoms with Crippen LogP contribution in [0, 0.1) is 6.92 Å². The minimum atomic E-state index is -0.132. The lowest BCUT2D eigenvalue weighted by Crippen LogP contribution is -2.15. The van der Waals surface area contributed by atoms with Gasteiger partial charge in [0.15, 0.2) is 11.0 Å². The Morgan fingerprint density at radius 3 is 2.69 bits per heavy atom. The van der Waals surface area contributed by atoms with E-state index in [2.05, 4.69) is 22.1 Å². The van der Waals surface area contributed by atoms with Gasteiger partial charge in [-0.05, 0) is 26.0 Å². The monoisotopic (exact) mass is 408 g/mol. The predicted octanol–water partition coefficient (Wildman–Crippen LogP) is 4.57. The van der Waals surface area contributed by atoms with Gasteiger partial charge in [0.05, 0.1) is 18.0 Å². The number of nitrogens with zero attached hydrogens (tertiary/aromatic N) is 3. The lowest BCUT2D eigenvalue weighted by Gasteiger charge is -2.11. The summed E-state index contributed by atoms with van der Waals surface area (Å²) < 4.78 is 7.52. The molecule has 6 nitrogen and oxygen atoms in total. The first kappa shape index (κ1) is 20.7. The van der Waals surface area contributed by atoms with Gasteiger partial charge in [0.1, 0.15) is 5.75 Å². The molecule has 3 aromatic rings. The lowest BCUT2D eigenvalue weighted by atomic mass is 10.1. The summed E-state index contributed by atoms with van der Waals surface area (Å²) in [5.41, 5.74) is 2.82. The van der Waals surface area contributed by atoms with E-state index in [0.29, 0.717) is 29.7 Å². The summed E-state index contributed by atoms with van der Waals surface area (Å²) in [7, 11) is 0. The molecule has 1 N–H and O–H groups in total. The van der Waals surface area contributed by atoms with Gasteiger partial charge in [-0.15, -0.1) is 16.8 Å². The van der Waals surface area contributed by atoms with E-state index in [0.717, 1.165) is 11.4 Å². The van der Waals surface area contributed by atoms with Crippen LogP contribution < -0.4 is 10.1 Å². The number of aryl methyl sites for hydroxylation is 1. The van der Waals surface area contributed by atoms with Gasteiger partial charge in [0.2, 0.25) is 5.91 Å². The number of thioether (sulfide) groups is 1. The van der Waals surface area contributed by atoms with Crippen molar-refractivity contribution in [2.45, 2.75) is 25.5 Å². The number of anilines is 1. The van der Waals surface area contributed by atoms with Crippen molar-refractivity contribution in [3.05, 3.63) is 66.7 Å². The summed E-state index contributed by atoms with van der Waals surface area (Å²) in [4.78, 5) is 12.5. The van der Waals surface area contributed by atoms with Crippen LogP contribution in [0.5, 0.6) is 5.75 Å². The zero-order valence-corrected chi connectivity index (χ0v) is 17.4. The molecule has 0 bridgehead atoms. The van der Waals surface area contributed by atoms with Gasteiger partial charge in [0.25, 0.3) is 0 Å². The van der Waals surface area contributed by atoms with Crippen molar-refractivity contribution >= 4 is 23.4 Å². The number of para-hydroxylation sites is 2. The second-order valence-electron chi connectivity index (χ2n) is 6.34. The molecular weight excluding hydrogens is 384 g/mol. The first-order valence-corrected chi connectivity index (χ1v) is 10.4. The zero-order chi connectivity index (χ0) is 20.6. The molecule has 0 saturated carbocycles. The Bertz CT molecular complexity index is 983. The van der Waals surface area contributed by atoms with Gasteiger partial charge in [-0.25, -0.2) is 0 Å². The van der Waals surface area contributed by atoms with Crippen molar-refractivity contribution in [2.75, 3.05) is 17.7 Å². The zero-order valence-electron chi connectivity index (χ0n) is 16.6. The molecule has 0 aliphatic heterocycles.